The van der Waals surface area contributed by atoms with Crippen LogP contribution < -0.4 is 5.73 Å². The first-order chi connectivity index (χ1) is 15.5. The minimum atomic E-state index is -1.01. The van der Waals surface area contributed by atoms with Gasteiger partial charge in [0.2, 0.25) is 6.41 Å². The van der Waals surface area contributed by atoms with E-state index in [1.165, 1.54) is 4.90 Å². The summed E-state index contributed by atoms with van der Waals surface area (Å²) in [6.07, 6.45) is 3.90. The van der Waals surface area contributed by atoms with E-state index >= 15 is 0 Å². The lowest BCUT2D eigenvalue weighted by molar-refractivity contribution is -0.157. The van der Waals surface area contributed by atoms with Crippen LogP contribution in [-0.4, -0.2) is 34.1 Å². The van der Waals surface area contributed by atoms with Crippen molar-refractivity contribution in [2.75, 3.05) is 5.73 Å². The van der Waals surface area contributed by atoms with E-state index in [1.54, 1.807) is 51.1 Å². The molecule has 2 aromatic carbocycles. The van der Waals surface area contributed by atoms with Gasteiger partial charge < -0.3 is 20.5 Å². The molecule has 1 saturated carbocycles. The predicted octanol–water partition coefficient (Wildman–Crippen LogP) is 4.51. The zero-order valence-corrected chi connectivity index (χ0v) is 19.3. The Bertz CT molecular complexity index is 897. The normalized spacial score (nSPS) is 14.7. The molecule has 0 aliphatic heterocycles. The maximum atomic E-state index is 13.8. The maximum absolute atomic E-state index is 13.8. The van der Waals surface area contributed by atoms with Gasteiger partial charge in [-0.2, -0.15) is 0 Å². The average Bonchev–Trinajstić information content (AvgIpc) is 3.24. The van der Waals surface area contributed by atoms with Gasteiger partial charge in [0, 0.05) is 6.54 Å². The van der Waals surface area contributed by atoms with Crippen LogP contribution in [0.15, 0.2) is 42.5 Å². The number of aliphatic hydroxyl groups is 1. The molecule has 33 heavy (non-hydrogen) atoms. The molecule has 0 radical (unpaired) electrons. The molecule has 180 valence electrons. The van der Waals surface area contributed by atoms with Crippen molar-refractivity contribution in [3.63, 3.8) is 0 Å². The van der Waals surface area contributed by atoms with Crippen LogP contribution in [-0.2, 0) is 20.9 Å². The molecule has 1 fully saturated rings. The minimum absolute atomic E-state index is 0.168. The minimum Gasteiger partial charge on any atom is -0.461 e. The lowest BCUT2D eigenvalue weighted by Gasteiger charge is -2.28. The van der Waals surface area contributed by atoms with E-state index in [4.69, 9.17) is 15.6 Å². The first-order valence-electron chi connectivity index (χ1n) is 10.9. The van der Waals surface area contributed by atoms with Crippen LogP contribution in [0.3, 0.4) is 0 Å². The van der Waals surface area contributed by atoms with Gasteiger partial charge in [0.15, 0.2) is 6.04 Å². The second-order valence-electron chi connectivity index (χ2n) is 9.08. The number of esters is 1. The number of benzene rings is 2. The van der Waals surface area contributed by atoms with Gasteiger partial charge in [-0.25, -0.2) is 13.6 Å². The zero-order chi connectivity index (χ0) is 24.6. The Morgan fingerprint density at radius 3 is 2.18 bits per heavy atom. The molecule has 3 rings (SSSR count). The lowest BCUT2D eigenvalue weighted by atomic mass is 10.0. The quantitative estimate of drug-likeness (QED) is 0.359. The molecule has 6 nitrogen and oxygen atoms in total. The van der Waals surface area contributed by atoms with Crippen LogP contribution in [0.2, 0.25) is 0 Å². The first kappa shape index (κ1) is 26.3. The van der Waals surface area contributed by atoms with Crippen LogP contribution in [0.25, 0.3) is 0 Å². The number of nitrogen functional groups attached to an aromatic ring is 1. The van der Waals surface area contributed by atoms with E-state index in [-0.39, 0.29) is 18.2 Å². The molecular formula is C25H32F2N2O4. The van der Waals surface area contributed by atoms with Gasteiger partial charge in [-0.15, -0.1) is 0 Å². The standard InChI is InChI=1S/C21H22F2N2O3.C4H10O/c22-17-10-14(11-18(23)19(17)24)12-25(13-26)20(15-6-2-1-3-7-15)21(27)28-16-8-4-5-9-16;1-4(2,3)5/h1-3,6-7,10-11,13,16,20H,4-5,8-9,12,24H2;5H,1-3H3. The number of rotatable bonds is 7. The van der Waals surface area contributed by atoms with Crippen molar-refractivity contribution in [2.45, 2.75) is 70.7 Å². The predicted molar refractivity (Wildman–Crippen MR) is 122 cm³/mol. The second kappa shape index (κ2) is 11.7. The Kier molecular flexibility index (Phi) is 9.34. The first-order valence-corrected chi connectivity index (χ1v) is 10.9. The maximum Gasteiger partial charge on any atom is 0.333 e. The van der Waals surface area contributed by atoms with Gasteiger partial charge in [-0.3, -0.25) is 4.79 Å². The summed E-state index contributed by atoms with van der Waals surface area (Å²) < 4.78 is 33.2. The molecule has 8 heteroatoms. The summed E-state index contributed by atoms with van der Waals surface area (Å²) in [4.78, 5) is 25.9. The number of halogens is 2. The van der Waals surface area contributed by atoms with Gasteiger partial charge in [-0.05, 0) is 69.7 Å². The molecule has 0 saturated heterocycles. The van der Waals surface area contributed by atoms with Crippen LogP contribution in [0.4, 0.5) is 14.5 Å². The van der Waals surface area contributed by atoms with Crippen molar-refractivity contribution >= 4 is 18.1 Å². The Balaban J connectivity index is 0.000000696. The van der Waals surface area contributed by atoms with Gasteiger partial charge >= 0.3 is 5.97 Å². The molecular weight excluding hydrogens is 430 g/mol. The van der Waals surface area contributed by atoms with Crippen LogP contribution >= 0.6 is 0 Å². The van der Waals surface area contributed by atoms with Crippen LogP contribution in [0.5, 0.6) is 0 Å². The fraction of sp³-hybridized carbons (Fsp3) is 0.440. The molecule has 0 heterocycles. The molecule has 1 aliphatic carbocycles. The van der Waals surface area contributed by atoms with E-state index in [0.717, 1.165) is 37.8 Å². The van der Waals surface area contributed by atoms with Gasteiger partial charge in [0.25, 0.3) is 0 Å². The van der Waals surface area contributed by atoms with E-state index in [1.807, 2.05) is 0 Å². The van der Waals surface area contributed by atoms with Gasteiger partial charge in [0.05, 0.1) is 5.60 Å². The Morgan fingerprint density at radius 2 is 1.70 bits per heavy atom. The highest BCUT2D eigenvalue weighted by atomic mass is 19.1. The van der Waals surface area contributed by atoms with Gasteiger partial charge in [0.1, 0.15) is 23.4 Å². The summed E-state index contributed by atoms with van der Waals surface area (Å²) in [6.45, 7) is 5.06. The highest BCUT2D eigenvalue weighted by Gasteiger charge is 2.31. The van der Waals surface area contributed by atoms with Crippen molar-refractivity contribution in [2.24, 2.45) is 0 Å². The third kappa shape index (κ3) is 8.46. The van der Waals surface area contributed by atoms with E-state index in [9.17, 15) is 18.4 Å². The smallest absolute Gasteiger partial charge is 0.333 e. The van der Waals surface area contributed by atoms with Crippen molar-refractivity contribution in [1.29, 1.82) is 0 Å². The highest BCUT2D eigenvalue weighted by Crippen LogP contribution is 2.28. The van der Waals surface area contributed by atoms with Crippen molar-refractivity contribution in [3.8, 4) is 0 Å². The number of nitrogens with zero attached hydrogens (tertiary/aromatic N) is 1. The Labute approximate surface area is 193 Å². The van der Waals surface area contributed by atoms with Crippen molar-refractivity contribution in [3.05, 3.63) is 65.2 Å². The number of carbonyl (C=O) groups excluding carboxylic acids is 2. The molecule has 1 aliphatic rings. The summed E-state index contributed by atoms with van der Waals surface area (Å²) in [6, 6.07) is 9.80. The van der Waals surface area contributed by atoms with E-state index < -0.39 is 34.9 Å². The zero-order valence-electron chi connectivity index (χ0n) is 19.3. The molecule has 1 amide bonds. The molecule has 3 N–H and O–H groups in total. The molecule has 0 spiro atoms. The number of ether oxygens (including phenoxy) is 1. The molecule has 1 unspecified atom stereocenters. The summed E-state index contributed by atoms with van der Waals surface area (Å²) in [5.41, 5.74) is 4.97. The third-order valence-electron chi connectivity index (χ3n) is 4.89. The molecule has 1 atom stereocenters. The number of anilines is 1. The molecule has 2 aromatic rings. The monoisotopic (exact) mass is 462 g/mol. The van der Waals surface area contributed by atoms with E-state index in [2.05, 4.69) is 0 Å². The fourth-order valence-corrected chi connectivity index (χ4v) is 3.46. The summed E-state index contributed by atoms with van der Waals surface area (Å²) >= 11 is 0. The number of nitrogens with two attached hydrogens (primary N) is 1. The summed E-state index contributed by atoms with van der Waals surface area (Å²) in [5, 5.41) is 8.52. The highest BCUT2D eigenvalue weighted by molar-refractivity contribution is 5.80. The van der Waals surface area contributed by atoms with Crippen molar-refractivity contribution in [1.82, 2.24) is 4.90 Å². The fourth-order valence-electron chi connectivity index (χ4n) is 3.46. The largest absolute Gasteiger partial charge is 0.461 e. The van der Waals surface area contributed by atoms with Crippen LogP contribution in [0.1, 0.15) is 63.6 Å². The molecule has 0 aromatic heterocycles. The lowest BCUT2D eigenvalue weighted by Crippen LogP contribution is -2.35. The number of hydrogen-bond acceptors (Lipinski definition) is 5. The number of carbonyl (C=O) groups is 2. The summed E-state index contributed by atoms with van der Waals surface area (Å²) in [7, 11) is 0. The number of amides is 1. The second-order valence-corrected chi connectivity index (χ2v) is 9.08. The average molecular weight is 463 g/mol. The van der Waals surface area contributed by atoms with Gasteiger partial charge in [-0.1, -0.05) is 30.3 Å². The third-order valence-corrected chi connectivity index (χ3v) is 4.89. The van der Waals surface area contributed by atoms with E-state index in [0.29, 0.717) is 12.0 Å². The number of hydrogen-bond donors (Lipinski definition) is 2. The van der Waals surface area contributed by atoms with Crippen LogP contribution in [0, 0.1) is 11.6 Å². The topological polar surface area (TPSA) is 92.9 Å². The Hall–Kier alpha value is -3.00. The SMILES string of the molecule is CC(C)(C)O.Nc1c(F)cc(CN(C=O)C(C(=O)OC2CCCC2)c2ccccc2)cc1F. The Morgan fingerprint density at radius 1 is 1.18 bits per heavy atom. The summed E-state index contributed by atoms with van der Waals surface area (Å²) in [5.74, 6) is -2.38. The molecule has 0 bridgehead atoms. The van der Waals surface area contributed by atoms with Crippen molar-refractivity contribution < 1.29 is 28.2 Å².